The summed E-state index contributed by atoms with van der Waals surface area (Å²) in [7, 11) is 0. The van der Waals surface area contributed by atoms with Gasteiger partial charge in [-0.3, -0.25) is 10.1 Å². The highest BCUT2D eigenvalue weighted by Crippen LogP contribution is 2.31. The summed E-state index contributed by atoms with van der Waals surface area (Å²) in [6.45, 7) is 1.73. The van der Waals surface area contributed by atoms with Crippen LogP contribution in [0.5, 0.6) is 0 Å². The van der Waals surface area contributed by atoms with E-state index in [0.29, 0.717) is 0 Å². The molecular formula is C10H7BrN2O4. The molecule has 0 heterocycles. The fourth-order valence-corrected chi connectivity index (χ4v) is 1.85. The second-order valence-corrected chi connectivity index (χ2v) is 3.70. The molecule has 0 unspecified atom stereocenters. The molecule has 0 atom stereocenters. The second-order valence-electron chi connectivity index (χ2n) is 2.91. The zero-order valence-corrected chi connectivity index (χ0v) is 10.4. The van der Waals surface area contributed by atoms with E-state index in [9.17, 15) is 14.9 Å². The van der Waals surface area contributed by atoms with Crippen molar-refractivity contribution in [3.8, 4) is 6.07 Å². The average Bonchev–Trinajstić information content (AvgIpc) is 2.27. The van der Waals surface area contributed by atoms with Crippen LogP contribution in [0, 0.1) is 21.4 Å². The molecule has 0 saturated carbocycles. The van der Waals surface area contributed by atoms with Gasteiger partial charge in [0.2, 0.25) is 0 Å². The minimum absolute atomic E-state index is 0.0286. The Morgan fingerprint density at radius 1 is 1.65 bits per heavy atom. The molecule has 6 nitrogen and oxygen atoms in total. The smallest absolute Gasteiger partial charge is 0.340 e. The van der Waals surface area contributed by atoms with Crippen LogP contribution in [0.25, 0.3) is 0 Å². The number of ether oxygens (including phenoxy) is 1. The number of halogens is 1. The van der Waals surface area contributed by atoms with Crippen molar-refractivity contribution < 1.29 is 14.5 Å². The summed E-state index contributed by atoms with van der Waals surface area (Å²) < 4.78 is 4.70. The van der Waals surface area contributed by atoms with E-state index in [0.717, 1.165) is 6.07 Å². The maximum absolute atomic E-state index is 11.6. The lowest BCUT2D eigenvalue weighted by atomic mass is 10.1. The summed E-state index contributed by atoms with van der Waals surface area (Å²) in [5.74, 6) is -0.764. The van der Waals surface area contributed by atoms with Crippen molar-refractivity contribution in [3.05, 3.63) is 37.8 Å². The molecule has 0 fully saturated rings. The monoisotopic (exact) mass is 298 g/mol. The Labute approximate surface area is 105 Å². The number of rotatable bonds is 3. The highest BCUT2D eigenvalue weighted by molar-refractivity contribution is 9.10. The lowest BCUT2D eigenvalue weighted by Crippen LogP contribution is -2.09. The maximum Gasteiger partial charge on any atom is 0.340 e. The van der Waals surface area contributed by atoms with Crippen LogP contribution >= 0.6 is 15.9 Å². The summed E-state index contributed by atoms with van der Waals surface area (Å²) in [6.07, 6.45) is 0. The average molecular weight is 299 g/mol. The van der Waals surface area contributed by atoms with E-state index < -0.39 is 10.9 Å². The van der Waals surface area contributed by atoms with Gasteiger partial charge in [-0.25, -0.2) is 4.79 Å². The highest BCUT2D eigenvalue weighted by Gasteiger charge is 2.24. The highest BCUT2D eigenvalue weighted by atomic mass is 79.9. The van der Waals surface area contributed by atoms with Gasteiger partial charge >= 0.3 is 5.97 Å². The largest absolute Gasteiger partial charge is 0.462 e. The number of carbonyl (C=O) groups is 1. The van der Waals surface area contributed by atoms with Crippen LogP contribution in [0.4, 0.5) is 5.69 Å². The van der Waals surface area contributed by atoms with Gasteiger partial charge in [0, 0.05) is 6.07 Å². The van der Waals surface area contributed by atoms with E-state index in [4.69, 9.17) is 10.00 Å². The van der Waals surface area contributed by atoms with Gasteiger partial charge in [0.25, 0.3) is 5.69 Å². The summed E-state index contributed by atoms with van der Waals surface area (Å²) in [5.41, 5.74) is -0.378. The maximum atomic E-state index is 11.6. The van der Waals surface area contributed by atoms with Crippen molar-refractivity contribution >= 4 is 27.6 Å². The summed E-state index contributed by atoms with van der Waals surface area (Å²) in [6, 6.07) is 4.16. The van der Waals surface area contributed by atoms with Crippen LogP contribution in [-0.4, -0.2) is 17.5 Å². The molecule has 1 rings (SSSR count). The first-order valence-corrected chi connectivity index (χ1v) is 5.36. The molecule has 0 N–H and O–H groups in total. The third-order valence-corrected chi connectivity index (χ3v) is 2.72. The van der Waals surface area contributed by atoms with Gasteiger partial charge in [0.05, 0.1) is 22.7 Å². The summed E-state index contributed by atoms with van der Waals surface area (Å²) in [5, 5.41) is 19.5. The van der Waals surface area contributed by atoms with E-state index in [1.165, 1.54) is 6.07 Å². The van der Waals surface area contributed by atoms with Crippen LogP contribution in [0.3, 0.4) is 0 Å². The predicted molar refractivity (Wildman–Crippen MR) is 61.5 cm³/mol. The molecule has 0 amide bonds. The molecule has 0 aromatic heterocycles. The van der Waals surface area contributed by atoms with Crippen molar-refractivity contribution in [1.29, 1.82) is 5.26 Å². The Hall–Kier alpha value is -1.94. The third-order valence-electron chi connectivity index (χ3n) is 1.92. The van der Waals surface area contributed by atoms with Crippen molar-refractivity contribution in [2.75, 3.05) is 6.61 Å². The number of hydrogen-bond donors (Lipinski definition) is 0. The van der Waals surface area contributed by atoms with E-state index in [1.54, 1.807) is 13.0 Å². The molecule has 0 saturated heterocycles. The minimum atomic E-state index is -0.764. The standard InChI is InChI=1S/C10H7BrN2O4/c1-2-17-10(14)8-6(5-12)3-4-7(9(8)11)13(15)16/h3-4H,2H2,1H3. The van der Waals surface area contributed by atoms with Crippen molar-refractivity contribution in [3.63, 3.8) is 0 Å². The fraction of sp³-hybridized carbons (Fsp3) is 0.200. The number of nitrogens with zero attached hydrogens (tertiary/aromatic N) is 2. The zero-order valence-electron chi connectivity index (χ0n) is 8.77. The van der Waals surface area contributed by atoms with Crippen LogP contribution in [-0.2, 0) is 4.74 Å². The quantitative estimate of drug-likeness (QED) is 0.485. The van der Waals surface area contributed by atoms with Gasteiger partial charge in [-0.1, -0.05) is 0 Å². The summed E-state index contributed by atoms with van der Waals surface area (Å²) in [4.78, 5) is 21.6. The first kappa shape index (κ1) is 13.1. The third kappa shape index (κ3) is 2.60. The number of nitriles is 1. The molecule has 0 bridgehead atoms. The molecular weight excluding hydrogens is 292 g/mol. The molecule has 0 aliphatic rings. The Bertz CT molecular complexity index is 522. The van der Waals surface area contributed by atoms with Gasteiger partial charge in [0.1, 0.15) is 10.5 Å². The topological polar surface area (TPSA) is 93.2 Å². The number of benzene rings is 1. The predicted octanol–water partition coefficient (Wildman–Crippen LogP) is 2.41. The van der Waals surface area contributed by atoms with Gasteiger partial charge in [-0.15, -0.1) is 0 Å². The molecule has 1 aromatic carbocycles. The first-order chi connectivity index (χ1) is 8.02. The lowest BCUT2D eigenvalue weighted by molar-refractivity contribution is -0.385. The zero-order chi connectivity index (χ0) is 13.0. The van der Waals surface area contributed by atoms with Gasteiger partial charge in [-0.05, 0) is 28.9 Å². The van der Waals surface area contributed by atoms with Gasteiger partial charge in [0.15, 0.2) is 0 Å². The fourth-order valence-electron chi connectivity index (χ4n) is 1.20. The molecule has 1 aromatic rings. The number of nitro benzene ring substituents is 1. The van der Waals surface area contributed by atoms with E-state index >= 15 is 0 Å². The number of hydrogen-bond acceptors (Lipinski definition) is 5. The van der Waals surface area contributed by atoms with Gasteiger partial charge in [-0.2, -0.15) is 5.26 Å². The molecule has 88 valence electrons. The SMILES string of the molecule is CCOC(=O)c1c(C#N)ccc([N+](=O)[O-])c1Br. The number of carbonyl (C=O) groups excluding carboxylic acids is 1. The molecule has 0 radical (unpaired) electrons. The Morgan fingerprint density at radius 2 is 2.29 bits per heavy atom. The first-order valence-electron chi connectivity index (χ1n) is 4.57. The summed E-state index contributed by atoms with van der Waals surface area (Å²) >= 11 is 2.95. The van der Waals surface area contributed by atoms with Gasteiger partial charge < -0.3 is 4.74 Å². The van der Waals surface area contributed by atoms with Crippen LogP contribution in [0.1, 0.15) is 22.8 Å². The number of nitro groups is 1. The van der Waals surface area contributed by atoms with E-state index in [1.807, 2.05) is 0 Å². The normalized spacial score (nSPS) is 9.47. The Morgan fingerprint density at radius 3 is 2.76 bits per heavy atom. The number of esters is 1. The van der Waals surface area contributed by atoms with Crippen LogP contribution in [0.15, 0.2) is 16.6 Å². The molecule has 17 heavy (non-hydrogen) atoms. The molecule has 0 aliphatic heterocycles. The lowest BCUT2D eigenvalue weighted by Gasteiger charge is -2.06. The van der Waals surface area contributed by atoms with Crippen molar-refractivity contribution in [2.45, 2.75) is 6.92 Å². The van der Waals surface area contributed by atoms with Crippen molar-refractivity contribution in [2.24, 2.45) is 0 Å². The van der Waals surface area contributed by atoms with E-state index in [2.05, 4.69) is 15.9 Å². The molecule has 0 spiro atoms. The second kappa shape index (κ2) is 5.41. The van der Waals surface area contributed by atoms with Crippen LogP contribution < -0.4 is 0 Å². The molecule has 0 aliphatic carbocycles. The minimum Gasteiger partial charge on any atom is -0.462 e. The van der Waals surface area contributed by atoms with Crippen LogP contribution in [0.2, 0.25) is 0 Å². The van der Waals surface area contributed by atoms with Crippen molar-refractivity contribution in [1.82, 2.24) is 0 Å². The Kier molecular flexibility index (Phi) is 4.17. The van der Waals surface area contributed by atoms with E-state index in [-0.39, 0.29) is 27.9 Å². The molecule has 7 heteroatoms. The Balaban J connectivity index is 3.44.